The first kappa shape index (κ1) is 13.6. The minimum Gasteiger partial charge on any atom is -0.491 e. The Morgan fingerprint density at radius 3 is 3.05 bits per heavy atom. The zero-order valence-electron chi connectivity index (χ0n) is 11.4. The standard InChI is InChI=1S/C16H19NO2S/c1-2-4-16(19-11-15-10-17-6-7-18-15)14(3-1)9-13-5-8-20-12-13/h1-5,8,12,15,17H,6-7,9-11H2. The summed E-state index contributed by atoms with van der Waals surface area (Å²) in [5.74, 6) is 0.966. The van der Waals surface area contributed by atoms with Crippen LogP contribution in [0, 0.1) is 0 Å². The minimum absolute atomic E-state index is 0.151. The summed E-state index contributed by atoms with van der Waals surface area (Å²) in [4.78, 5) is 0. The largest absolute Gasteiger partial charge is 0.491 e. The predicted octanol–water partition coefficient (Wildman–Crippen LogP) is 2.71. The Morgan fingerprint density at radius 2 is 2.25 bits per heavy atom. The predicted molar refractivity (Wildman–Crippen MR) is 81.7 cm³/mol. The van der Waals surface area contributed by atoms with Crippen molar-refractivity contribution in [3.63, 3.8) is 0 Å². The highest BCUT2D eigenvalue weighted by atomic mass is 32.1. The quantitative estimate of drug-likeness (QED) is 0.918. The van der Waals surface area contributed by atoms with Gasteiger partial charge in [0, 0.05) is 19.5 Å². The molecule has 1 aliphatic heterocycles. The van der Waals surface area contributed by atoms with E-state index in [2.05, 4.69) is 34.3 Å². The van der Waals surface area contributed by atoms with Crippen LogP contribution < -0.4 is 10.1 Å². The van der Waals surface area contributed by atoms with Crippen molar-refractivity contribution in [1.29, 1.82) is 0 Å². The van der Waals surface area contributed by atoms with Crippen LogP contribution in [0.1, 0.15) is 11.1 Å². The molecule has 106 valence electrons. The number of morpholine rings is 1. The second-order valence-electron chi connectivity index (χ2n) is 4.92. The zero-order valence-corrected chi connectivity index (χ0v) is 12.2. The van der Waals surface area contributed by atoms with Gasteiger partial charge in [-0.05, 0) is 34.0 Å². The van der Waals surface area contributed by atoms with E-state index in [1.807, 2.05) is 12.1 Å². The lowest BCUT2D eigenvalue weighted by Crippen LogP contribution is -2.41. The molecule has 1 N–H and O–H groups in total. The molecule has 1 aromatic carbocycles. The molecule has 3 nitrogen and oxygen atoms in total. The Labute approximate surface area is 123 Å². The number of para-hydroxylation sites is 1. The summed E-state index contributed by atoms with van der Waals surface area (Å²) in [7, 11) is 0. The molecule has 0 radical (unpaired) electrons. The Bertz CT molecular complexity index is 521. The van der Waals surface area contributed by atoms with Gasteiger partial charge in [0.25, 0.3) is 0 Å². The van der Waals surface area contributed by atoms with E-state index in [0.29, 0.717) is 6.61 Å². The molecule has 0 amide bonds. The molecule has 2 aromatic rings. The second kappa shape index (κ2) is 6.88. The van der Waals surface area contributed by atoms with E-state index in [9.17, 15) is 0 Å². The van der Waals surface area contributed by atoms with Crippen LogP contribution >= 0.6 is 11.3 Å². The monoisotopic (exact) mass is 289 g/mol. The first-order valence-corrected chi connectivity index (χ1v) is 7.90. The maximum atomic E-state index is 5.96. The van der Waals surface area contributed by atoms with Gasteiger partial charge in [-0.15, -0.1) is 0 Å². The zero-order chi connectivity index (χ0) is 13.6. The van der Waals surface area contributed by atoms with Gasteiger partial charge in [-0.1, -0.05) is 18.2 Å². The van der Waals surface area contributed by atoms with Gasteiger partial charge in [-0.3, -0.25) is 0 Å². The molecule has 1 unspecified atom stereocenters. The summed E-state index contributed by atoms with van der Waals surface area (Å²) < 4.78 is 11.6. The Kier molecular flexibility index (Phi) is 4.69. The van der Waals surface area contributed by atoms with Gasteiger partial charge in [-0.2, -0.15) is 11.3 Å². The van der Waals surface area contributed by atoms with E-state index in [1.165, 1.54) is 11.1 Å². The van der Waals surface area contributed by atoms with Gasteiger partial charge in [0.2, 0.25) is 0 Å². The summed E-state index contributed by atoms with van der Waals surface area (Å²) in [6.45, 7) is 3.18. The van der Waals surface area contributed by atoms with E-state index < -0.39 is 0 Å². The van der Waals surface area contributed by atoms with E-state index in [-0.39, 0.29) is 6.10 Å². The van der Waals surface area contributed by atoms with Crippen molar-refractivity contribution in [2.45, 2.75) is 12.5 Å². The summed E-state index contributed by atoms with van der Waals surface area (Å²) >= 11 is 1.73. The molecular formula is C16H19NO2S. The average molecular weight is 289 g/mol. The van der Waals surface area contributed by atoms with E-state index in [0.717, 1.165) is 31.9 Å². The number of nitrogens with one attached hydrogen (secondary N) is 1. The number of thiophene rings is 1. The van der Waals surface area contributed by atoms with Crippen molar-refractivity contribution in [1.82, 2.24) is 5.32 Å². The van der Waals surface area contributed by atoms with Crippen molar-refractivity contribution in [3.8, 4) is 5.75 Å². The highest BCUT2D eigenvalue weighted by Gasteiger charge is 2.14. The third-order valence-electron chi connectivity index (χ3n) is 3.38. The smallest absolute Gasteiger partial charge is 0.122 e. The molecule has 0 bridgehead atoms. The number of rotatable bonds is 5. The highest BCUT2D eigenvalue weighted by molar-refractivity contribution is 7.07. The SMILES string of the molecule is c1ccc(OCC2CNCCO2)c(Cc2ccsc2)c1. The number of benzene rings is 1. The lowest BCUT2D eigenvalue weighted by molar-refractivity contribution is 0.0000339. The van der Waals surface area contributed by atoms with E-state index >= 15 is 0 Å². The summed E-state index contributed by atoms with van der Waals surface area (Å²) in [5.41, 5.74) is 2.57. The molecule has 0 saturated carbocycles. The molecule has 4 heteroatoms. The lowest BCUT2D eigenvalue weighted by atomic mass is 10.1. The number of ether oxygens (including phenoxy) is 2. The van der Waals surface area contributed by atoms with Gasteiger partial charge < -0.3 is 14.8 Å². The molecule has 1 aromatic heterocycles. The molecule has 2 heterocycles. The van der Waals surface area contributed by atoms with Gasteiger partial charge in [0.05, 0.1) is 6.61 Å². The van der Waals surface area contributed by atoms with Crippen LogP contribution in [0.2, 0.25) is 0 Å². The highest BCUT2D eigenvalue weighted by Crippen LogP contribution is 2.22. The molecule has 0 aliphatic carbocycles. The fraction of sp³-hybridized carbons (Fsp3) is 0.375. The van der Waals surface area contributed by atoms with Crippen LogP contribution in [0.25, 0.3) is 0 Å². The molecular weight excluding hydrogens is 270 g/mol. The van der Waals surface area contributed by atoms with Crippen LogP contribution in [-0.4, -0.2) is 32.4 Å². The van der Waals surface area contributed by atoms with Crippen molar-refractivity contribution < 1.29 is 9.47 Å². The third-order valence-corrected chi connectivity index (χ3v) is 4.11. The average Bonchev–Trinajstić information content (AvgIpc) is 3.00. The first-order valence-electron chi connectivity index (χ1n) is 6.96. The van der Waals surface area contributed by atoms with Crippen molar-refractivity contribution >= 4 is 11.3 Å². The van der Waals surface area contributed by atoms with Crippen molar-refractivity contribution in [2.75, 3.05) is 26.3 Å². The van der Waals surface area contributed by atoms with Crippen LogP contribution in [0.3, 0.4) is 0 Å². The maximum Gasteiger partial charge on any atom is 0.122 e. The molecule has 1 fully saturated rings. The molecule has 3 rings (SSSR count). The minimum atomic E-state index is 0.151. The Morgan fingerprint density at radius 1 is 1.30 bits per heavy atom. The van der Waals surface area contributed by atoms with Gasteiger partial charge in [0.15, 0.2) is 0 Å². The third kappa shape index (κ3) is 3.60. The van der Waals surface area contributed by atoms with E-state index in [1.54, 1.807) is 11.3 Å². The first-order chi connectivity index (χ1) is 9.92. The fourth-order valence-corrected chi connectivity index (χ4v) is 2.98. The lowest BCUT2D eigenvalue weighted by Gasteiger charge is -2.24. The molecule has 0 spiro atoms. The topological polar surface area (TPSA) is 30.5 Å². The number of hydrogen-bond acceptors (Lipinski definition) is 4. The van der Waals surface area contributed by atoms with Crippen LogP contribution in [0.4, 0.5) is 0 Å². The van der Waals surface area contributed by atoms with Crippen molar-refractivity contribution in [3.05, 3.63) is 52.2 Å². The van der Waals surface area contributed by atoms with Crippen LogP contribution in [-0.2, 0) is 11.2 Å². The van der Waals surface area contributed by atoms with Crippen molar-refractivity contribution in [2.24, 2.45) is 0 Å². The van der Waals surface area contributed by atoms with E-state index in [4.69, 9.17) is 9.47 Å². The van der Waals surface area contributed by atoms with Crippen LogP contribution in [0.5, 0.6) is 5.75 Å². The Hall–Kier alpha value is -1.36. The molecule has 1 atom stereocenters. The van der Waals surface area contributed by atoms with Crippen LogP contribution in [0.15, 0.2) is 41.1 Å². The second-order valence-corrected chi connectivity index (χ2v) is 5.70. The van der Waals surface area contributed by atoms with Gasteiger partial charge >= 0.3 is 0 Å². The number of hydrogen-bond donors (Lipinski definition) is 1. The summed E-state index contributed by atoms with van der Waals surface area (Å²) in [5, 5.41) is 7.62. The summed E-state index contributed by atoms with van der Waals surface area (Å²) in [6.07, 6.45) is 1.07. The molecule has 1 saturated heterocycles. The fourth-order valence-electron chi connectivity index (χ4n) is 2.31. The maximum absolute atomic E-state index is 5.96. The normalized spacial score (nSPS) is 18.9. The summed E-state index contributed by atoms with van der Waals surface area (Å²) in [6, 6.07) is 10.4. The Balaban J connectivity index is 1.63. The molecule has 20 heavy (non-hydrogen) atoms. The molecule has 1 aliphatic rings. The van der Waals surface area contributed by atoms with Gasteiger partial charge in [0.1, 0.15) is 18.5 Å². The van der Waals surface area contributed by atoms with Gasteiger partial charge in [-0.25, -0.2) is 0 Å².